The van der Waals surface area contributed by atoms with Crippen molar-refractivity contribution >= 4 is 33.4 Å². The van der Waals surface area contributed by atoms with Crippen LogP contribution in [0.5, 0.6) is 0 Å². The number of halogens is 1. The number of pyridine rings is 1. The number of hydrogen-bond acceptors (Lipinski definition) is 5. The predicted octanol–water partition coefficient (Wildman–Crippen LogP) is 4.30. The van der Waals surface area contributed by atoms with Crippen molar-refractivity contribution in [3.63, 3.8) is 0 Å². The highest BCUT2D eigenvalue weighted by atomic mass is 79.9. The number of aromatic nitrogens is 3. The quantitative estimate of drug-likeness (QED) is 0.701. The molecular weight excluding hydrogens is 354 g/mol. The highest BCUT2D eigenvalue weighted by Gasteiger charge is 2.03. The van der Waals surface area contributed by atoms with E-state index >= 15 is 0 Å². The van der Waals surface area contributed by atoms with Gasteiger partial charge in [0.15, 0.2) is 0 Å². The summed E-state index contributed by atoms with van der Waals surface area (Å²) in [7, 11) is 0. The fourth-order valence-electron chi connectivity index (χ4n) is 2.06. The first-order valence-electron chi connectivity index (χ1n) is 7.21. The van der Waals surface area contributed by atoms with E-state index in [4.69, 9.17) is 0 Å². The Morgan fingerprint density at radius 2 is 1.87 bits per heavy atom. The number of nitrogens with zero attached hydrogens (tertiary/aromatic N) is 3. The number of benzene rings is 1. The third kappa shape index (κ3) is 4.50. The Bertz CT molecular complexity index is 775. The van der Waals surface area contributed by atoms with Gasteiger partial charge in [-0.1, -0.05) is 22.0 Å². The number of rotatable bonds is 5. The van der Waals surface area contributed by atoms with E-state index in [-0.39, 0.29) is 0 Å². The molecule has 3 aromatic rings. The van der Waals surface area contributed by atoms with Crippen LogP contribution in [-0.2, 0) is 6.54 Å². The highest BCUT2D eigenvalue weighted by Crippen LogP contribution is 2.18. The van der Waals surface area contributed by atoms with Crippen molar-refractivity contribution in [2.24, 2.45) is 0 Å². The predicted molar refractivity (Wildman–Crippen MR) is 95.8 cm³/mol. The molecule has 0 aliphatic heterocycles. The summed E-state index contributed by atoms with van der Waals surface area (Å²) in [6.07, 6.45) is 1.78. The normalized spacial score (nSPS) is 10.3. The zero-order chi connectivity index (χ0) is 16.1. The van der Waals surface area contributed by atoms with Crippen molar-refractivity contribution in [3.8, 4) is 0 Å². The molecule has 0 unspecified atom stereocenters. The van der Waals surface area contributed by atoms with Gasteiger partial charge in [0, 0.05) is 28.1 Å². The van der Waals surface area contributed by atoms with Crippen LogP contribution in [0.15, 0.2) is 59.2 Å². The van der Waals surface area contributed by atoms with E-state index in [1.807, 2.05) is 55.5 Å². The van der Waals surface area contributed by atoms with E-state index in [0.29, 0.717) is 12.5 Å². The second kappa shape index (κ2) is 7.19. The van der Waals surface area contributed by atoms with Gasteiger partial charge >= 0.3 is 0 Å². The van der Waals surface area contributed by atoms with Crippen LogP contribution >= 0.6 is 15.9 Å². The van der Waals surface area contributed by atoms with E-state index in [9.17, 15) is 0 Å². The van der Waals surface area contributed by atoms with Gasteiger partial charge in [-0.3, -0.25) is 4.98 Å². The number of anilines is 3. The highest BCUT2D eigenvalue weighted by molar-refractivity contribution is 9.10. The maximum Gasteiger partial charge on any atom is 0.229 e. The average Bonchev–Trinajstić information content (AvgIpc) is 2.56. The SMILES string of the molecule is Cc1cc(NCc2ccccn2)nc(Nc2ccc(Br)cc2)n1. The molecule has 3 rings (SSSR count). The van der Waals surface area contributed by atoms with Gasteiger partial charge in [0.25, 0.3) is 0 Å². The van der Waals surface area contributed by atoms with Crippen molar-refractivity contribution < 1.29 is 0 Å². The first-order valence-corrected chi connectivity index (χ1v) is 8.00. The molecule has 5 nitrogen and oxygen atoms in total. The van der Waals surface area contributed by atoms with Crippen LogP contribution in [0.2, 0.25) is 0 Å². The number of nitrogens with one attached hydrogen (secondary N) is 2. The standard InChI is InChI=1S/C17H16BrN5/c1-12-10-16(20-11-15-4-2-3-9-19-15)23-17(21-12)22-14-7-5-13(18)6-8-14/h2-10H,11H2,1H3,(H2,20,21,22,23). The Labute approximate surface area is 143 Å². The lowest BCUT2D eigenvalue weighted by molar-refractivity contribution is 1.01. The summed E-state index contributed by atoms with van der Waals surface area (Å²) in [6.45, 7) is 2.56. The fraction of sp³-hybridized carbons (Fsp3) is 0.118. The van der Waals surface area contributed by atoms with Crippen LogP contribution in [0.25, 0.3) is 0 Å². The van der Waals surface area contributed by atoms with Crippen molar-refractivity contribution in [2.75, 3.05) is 10.6 Å². The molecule has 116 valence electrons. The van der Waals surface area contributed by atoms with Crippen LogP contribution in [0.4, 0.5) is 17.5 Å². The average molecular weight is 370 g/mol. The molecule has 0 saturated carbocycles. The minimum absolute atomic E-state index is 0.566. The molecule has 2 aromatic heterocycles. The lowest BCUT2D eigenvalue weighted by Gasteiger charge is -2.10. The van der Waals surface area contributed by atoms with E-state index in [1.54, 1.807) is 6.20 Å². The summed E-state index contributed by atoms with van der Waals surface area (Å²) in [5, 5.41) is 6.49. The maximum atomic E-state index is 4.49. The zero-order valence-corrected chi connectivity index (χ0v) is 14.2. The molecule has 1 aromatic carbocycles. The monoisotopic (exact) mass is 369 g/mol. The van der Waals surface area contributed by atoms with Crippen LogP contribution in [0, 0.1) is 6.92 Å². The summed E-state index contributed by atoms with van der Waals surface area (Å²) < 4.78 is 1.03. The molecular formula is C17H16BrN5. The van der Waals surface area contributed by atoms with Gasteiger partial charge in [-0.25, -0.2) is 4.98 Å². The number of aryl methyl sites for hydroxylation is 1. The minimum atomic E-state index is 0.566. The first-order chi connectivity index (χ1) is 11.2. The Morgan fingerprint density at radius 1 is 1.04 bits per heavy atom. The van der Waals surface area contributed by atoms with E-state index in [2.05, 4.69) is 41.5 Å². The van der Waals surface area contributed by atoms with Gasteiger partial charge in [0.2, 0.25) is 5.95 Å². The second-order valence-electron chi connectivity index (χ2n) is 5.02. The molecule has 0 amide bonds. The molecule has 2 N–H and O–H groups in total. The lowest BCUT2D eigenvalue weighted by Crippen LogP contribution is -2.06. The largest absolute Gasteiger partial charge is 0.364 e. The second-order valence-corrected chi connectivity index (χ2v) is 5.94. The Kier molecular flexibility index (Phi) is 4.83. The minimum Gasteiger partial charge on any atom is -0.364 e. The first kappa shape index (κ1) is 15.4. The zero-order valence-electron chi connectivity index (χ0n) is 12.6. The van der Waals surface area contributed by atoms with Crippen LogP contribution < -0.4 is 10.6 Å². The van der Waals surface area contributed by atoms with Gasteiger partial charge in [-0.15, -0.1) is 0 Å². The molecule has 0 radical (unpaired) electrons. The topological polar surface area (TPSA) is 62.7 Å². The third-order valence-electron chi connectivity index (χ3n) is 3.13. The van der Waals surface area contributed by atoms with E-state index in [0.717, 1.165) is 27.4 Å². The summed E-state index contributed by atoms with van der Waals surface area (Å²) in [5.74, 6) is 1.33. The molecule has 0 atom stereocenters. The van der Waals surface area contributed by atoms with Gasteiger partial charge in [-0.2, -0.15) is 4.98 Å². The lowest BCUT2D eigenvalue weighted by atomic mass is 10.3. The molecule has 0 fully saturated rings. The Hall–Kier alpha value is -2.47. The summed E-state index contributed by atoms with van der Waals surface area (Å²) in [4.78, 5) is 13.2. The smallest absolute Gasteiger partial charge is 0.229 e. The van der Waals surface area contributed by atoms with Crippen molar-refractivity contribution in [2.45, 2.75) is 13.5 Å². The van der Waals surface area contributed by atoms with Crippen molar-refractivity contribution in [3.05, 3.63) is 70.6 Å². The van der Waals surface area contributed by atoms with Crippen LogP contribution in [0.3, 0.4) is 0 Å². The fourth-order valence-corrected chi connectivity index (χ4v) is 2.33. The molecule has 0 spiro atoms. The Morgan fingerprint density at radius 3 is 2.61 bits per heavy atom. The molecule has 0 aliphatic rings. The van der Waals surface area contributed by atoms with Gasteiger partial charge in [0.1, 0.15) is 5.82 Å². The molecule has 23 heavy (non-hydrogen) atoms. The molecule has 2 heterocycles. The van der Waals surface area contributed by atoms with Crippen molar-refractivity contribution in [1.29, 1.82) is 0 Å². The third-order valence-corrected chi connectivity index (χ3v) is 3.66. The molecule has 0 saturated heterocycles. The van der Waals surface area contributed by atoms with Gasteiger partial charge in [-0.05, 0) is 43.3 Å². The Balaban J connectivity index is 1.72. The van der Waals surface area contributed by atoms with E-state index < -0.39 is 0 Å². The van der Waals surface area contributed by atoms with Crippen molar-refractivity contribution in [1.82, 2.24) is 15.0 Å². The summed E-state index contributed by atoms with van der Waals surface area (Å²) in [6, 6.07) is 15.6. The molecule has 0 bridgehead atoms. The number of hydrogen-bond donors (Lipinski definition) is 2. The van der Waals surface area contributed by atoms with Gasteiger partial charge in [0.05, 0.1) is 12.2 Å². The summed E-state index contributed by atoms with van der Waals surface area (Å²) >= 11 is 3.42. The molecule has 6 heteroatoms. The molecule has 0 aliphatic carbocycles. The summed E-state index contributed by atoms with van der Waals surface area (Å²) in [5.41, 5.74) is 2.80. The van der Waals surface area contributed by atoms with Crippen LogP contribution in [-0.4, -0.2) is 15.0 Å². The van der Waals surface area contributed by atoms with Crippen LogP contribution in [0.1, 0.15) is 11.4 Å². The maximum absolute atomic E-state index is 4.49. The van der Waals surface area contributed by atoms with Gasteiger partial charge < -0.3 is 10.6 Å². The van der Waals surface area contributed by atoms with E-state index in [1.165, 1.54) is 0 Å².